The van der Waals surface area contributed by atoms with Crippen molar-refractivity contribution in [2.24, 2.45) is 0 Å². The summed E-state index contributed by atoms with van der Waals surface area (Å²) in [6, 6.07) is 7.92. The average molecular weight is 502 g/mol. The number of nitrogens with zero attached hydrogens (tertiary/aromatic N) is 5. The monoisotopic (exact) mass is 502 g/mol. The lowest BCUT2D eigenvalue weighted by atomic mass is 10.0. The molecule has 1 unspecified atom stereocenters. The van der Waals surface area contributed by atoms with Crippen molar-refractivity contribution in [3.05, 3.63) is 89.9 Å². The molecule has 186 valence electrons. The Bertz CT molecular complexity index is 1370. The van der Waals surface area contributed by atoms with E-state index in [0.29, 0.717) is 23.0 Å². The Balaban J connectivity index is 1.74. The van der Waals surface area contributed by atoms with Crippen LogP contribution in [0.2, 0.25) is 0 Å². The van der Waals surface area contributed by atoms with Crippen LogP contribution in [0.15, 0.2) is 67.4 Å². The van der Waals surface area contributed by atoms with E-state index in [9.17, 15) is 26.7 Å². The lowest BCUT2D eigenvalue weighted by molar-refractivity contribution is -0.291. The maximum atomic E-state index is 13.8. The third-order valence-corrected chi connectivity index (χ3v) is 5.29. The molecule has 0 aliphatic rings. The molecule has 36 heavy (non-hydrogen) atoms. The van der Waals surface area contributed by atoms with E-state index < -0.39 is 29.7 Å². The third-order valence-electron chi connectivity index (χ3n) is 5.29. The molecule has 3 aromatic heterocycles. The number of nitrogens with one attached hydrogen (secondary N) is 1. The van der Waals surface area contributed by atoms with Gasteiger partial charge in [-0.15, -0.1) is 0 Å². The zero-order chi connectivity index (χ0) is 26.1. The molecule has 4 aromatic rings. The number of hydrogen-bond donors (Lipinski definition) is 1. The minimum Gasteiger partial charge on any atom is -0.344 e. The van der Waals surface area contributed by atoms with Gasteiger partial charge in [-0.1, -0.05) is 6.07 Å². The van der Waals surface area contributed by atoms with Gasteiger partial charge in [0, 0.05) is 35.9 Å². The number of carbonyl (C=O) groups is 1. The van der Waals surface area contributed by atoms with Crippen LogP contribution in [0.1, 0.15) is 40.3 Å². The lowest BCUT2D eigenvalue weighted by Gasteiger charge is -2.17. The van der Waals surface area contributed by atoms with E-state index in [1.807, 2.05) is 6.92 Å². The van der Waals surface area contributed by atoms with E-state index in [1.54, 1.807) is 25.3 Å². The first-order valence-corrected chi connectivity index (χ1v) is 10.6. The van der Waals surface area contributed by atoms with Gasteiger partial charge in [-0.25, -0.2) is 4.68 Å². The number of pyridine rings is 1. The van der Waals surface area contributed by atoms with Crippen LogP contribution >= 0.6 is 0 Å². The summed E-state index contributed by atoms with van der Waals surface area (Å²) in [6.07, 6.45) is 1.24. The number of alkyl halides is 5. The average Bonchev–Trinajstić information content (AvgIpc) is 3.35. The van der Waals surface area contributed by atoms with E-state index in [0.717, 1.165) is 16.4 Å². The number of hydrogen-bond acceptors (Lipinski definition) is 5. The Kier molecular flexibility index (Phi) is 6.53. The summed E-state index contributed by atoms with van der Waals surface area (Å²) in [5, 5.41) is 6.22. The van der Waals surface area contributed by atoms with Crippen molar-refractivity contribution in [1.82, 2.24) is 30.0 Å². The van der Waals surface area contributed by atoms with Gasteiger partial charge in [0.1, 0.15) is 5.69 Å². The van der Waals surface area contributed by atoms with Crippen molar-refractivity contribution in [3.63, 3.8) is 0 Å². The van der Waals surface area contributed by atoms with Gasteiger partial charge in [0.15, 0.2) is 0 Å². The van der Waals surface area contributed by atoms with Crippen molar-refractivity contribution in [1.29, 1.82) is 0 Å². The maximum absolute atomic E-state index is 13.8. The molecule has 0 bridgehead atoms. The van der Waals surface area contributed by atoms with Crippen molar-refractivity contribution in [2.45, 2.75) is 32.0 Å². The molecule has 12 heteroatoms. The molecule has 1 amide bonds. The van der Waals surface area contributed by atoms with Crippen LogP contribution in [0.5, 0.6) is 0 Å². The molecule has 0 radical (unpaired) electrons. The number of halogens is 5. The topological polar surface area (TPSA) is 85.6 Å². The first-order chi connectivity index (χ1) is 17.0. The Morgan fingerprint density at radius 3 is 2.42 bits per heavy atom. The van der Waals surface area contributed by atoms with Crippen LogP contribution in [-0.4, -0.2) is 36.8 Å². The first kappa shape index (κ1) is 24.9. The molecule has 1 N–H and O–H groups in total. The number of carbonyl (C=O) groups excluding carboxylic acids is 1. The Hall–Kier alpha value is -4.22. The summed E-state index contributed by atoms with van der Waals surface area (Å²) in [6.45, 7) is 3.54. The van der Waals surface area contributed by atoms with Gasteiger partial charge in [-0.05, 0) is 49.7 Å². The molecule has 0 aliphatic carbocycles. The highest BCUT2D eigenvalue weighted by Crippen LogP contribution is 2.43. The van der Waals surface area contributed by atoms with Crippen molar-refractivity contribution < 1.29 is 26.7 Å². The second-order valence-electron chi connectivity index (χ2n) is 8.03. The molecule has 0 fully saturated rings. The van der Waals surface area contributed by atoms with E-state index >= 15 is 0 Å². The van der Waals surface area contributed by atoms with Crippen molar-refractivity contribution >= 4 is 5.91 Å². The molecule has 0 saturated heterocycles. The highest BCUT2D eigenvalue weighted by Gasteiger charge is 2.60. The van der Waals surface area contributed by atoms with Crippen LogP contribution in [0.4, 0.5) is 22.0 Å². The van der Waals surface area contributed by atoms with Gasteiger partial charge in [0.25, 0.3) is 5.91 Å². The predicted molar refractivity (Wildman–Crippen MR) is 119 cm³/mol. The molecule has 0 spiro atoms. The standard InChI is InChI=1S/C24H19F5N6O/c1-14-3-4-19(32-12-14)16-9-17(22(36)33-15(2)20-13-30-6-7-31-20)11-18(10-16)35-8-5-21(34-35)23(25,26)24(27,28)29/h3-13,15H,1-2H3,(H,33,36). The number of benzene rings is 1. The van der Waals surface area contributed by atoms with E-state index in [2.05, 4.69) is 25.4 Å². The Morgan fingerprint density at radius 2 is 1.78 bits per heavy atom. The van der Waals surface area contributed by atoms with Crippen LogP contribution < -0.4 is 5.32 Å². The molecule has 1 atom stereocenters. The highest BCUT2D eigenvalue weighted by molar-refractivity contribution is 5.96. The second kappa shape index (κ2) is 9.44. The van der Waals surface area contributed by atoms with Crippen LogP contribution in [0, 0.1) is 6.92 Å². The summed E-state index contributed by atoms with van der Waals surface area (Å²) >= 11 is 0. The fraction of sp³-hybridized carbons (Fsp3) is 0.208. The van der Waals surface area contributed by atoms with Gasteiger partial charge < -0.3 is 5.32 Å². The van der Waals surface area contributed by atoms with E-state index in [1.165, 1.54) is 36.8 Å². The molecule has 3 heterocycles. The third kappa shape index (κ3) is 5.07. The molecular formula is C24H19F5N6O. The molecule has 0 aliphatic heterocycles. The van der Waals surface area contributed by atoms with Gasteiger partial charge in [-0.3, -0.25) is 19.7 Å². The first-order valence-electron chi connectivity index (χ1n) is 10.6. The summed E-state index contributed by atoms with van der Waals surface area (Å²) in [5.74, 6) is -5.67. The fourth-order valence-electron chi connectivity index (χ4n) is 3.33. The van der Waals surface area contributed by atoms with Crippen LogP contribution in [-0.2, 0) is 5.92 Å². The second-order valence-corrected chi connectivity index (χ2v) is 8.03. The number of aryl methyl sites for hydroxylation is 1. The van der Waals surface area contributed by atoms with Gasteiger partial charge in [0.2, 0.25) is 0 Å². The largest absolute Gasteiger partial charge is 0.459 e. The van der Waals surface area contributed by atoms with E-state index in [-0.39, 0.29) is 11.3 Å². The zero-order valence-electron chi connectivity index (χ0n) is 19.0. The predicted octanol–water partition coefficient (Wildman–Crippen LogP) is 5.18. The molecular weight excluding hydrogens is 483 g/mol. The highest BCUT2D eigenvalue weighted by atomic mass is 19.4. The minimum absolute atomic E-state index is 0.0939. The molecule has 0 saturated carbocycles. The van der Waals surface area contributed by atoms with Crippen LogP contribution in [0.25, 0.3) is 16.9 Å². The number of amides is 1. The summed E-state index contributed by atoms with van der Waals surface area (Å²) in [4.78, 5) is 25.5. The van der Waals surface area contributed by atoms with Gasteiger partial charge in [-0.2, -0.15) is 27.1 Å². The lowest BCUT2D eigenvalue weighted by Crippen LogP contribution is -2.34. The maximum Gasteiger partial charge on any atom is 0.459 e. The number of aromatic nitrogens is 5. The van der Waals surface area contributed by atoms with Gasteiger partial charge >= 0.3 is 12.1 Å². The van der Waals surface area contributed by atoms with Crippen molar-refractivity contribution in [3.8, 4) is 16.9 Å². The summed E-state index contributed by atoms with van der Waals surface area (Å²) < 4.78 is 66.9. The molecule has 4 rings (SSSR count). The Labute approximate surface area is 202 Å². The Morgan fingerprint density at radius 1 is 1.00 bits per heavy atom. The van der Waals surface area contributed by atoms with E-state index in [4.69, 9.17) is 0 Å². The molecule has 7 nitrogen and oxygen atoms in total. The zero-order valence-corrected chi connectivity index (χ0v) is 19.0. The summed E-state index contributed by atoms with van der Waals surface area (Å²) in [7, 11) is 0. The quantitative estimate of drug-likeness (QED) is 0.368. The smallest absolute Gasteiger partial charge is 0.344 e. The SMILES string of the molecule is Cc1ccc(-c2cc(C(=O)NC(C)c3cnccn3)cc(-n3ccc(C(F)(F)C(F)(F)F)n3)c2)nc1. The van der Waals surface area contributed by atoms with Gasteiger partial charge in [0.05, 0.1) is 29.3 Å². The normalized spacial score (nSPS) is 12.9. The molecule has 1 aromatic carbocycles. The van der Waals surface area contributed by atoms with Crippen LogP contribution in [0.3, 0.4) is 0 Å². The fourth-order valence-corrected chi connectivity index (χ4v) is 3.33. The summed E-state index contributed by atoms with van der Waals surface area (Å²) in [5.41, 5.74) is 1.04. The minimum atomic E-state index is -5.80. The van der Waals surface area contributed by atoms with Crippen molar-refractivity contribution in [2.75, 3.05) is 0 Å². The number of rotatable bonds is 6.